The Morgan fingerprint density at radius 1 is 0.939 bits per heavy atom. The van der Waals surface area contributed by atoms with E-state index < -0.39 is 11.7 Å². The van der Waals surface area contributed by atoms with Gasteiger partial charge in [0.2, 0.25) is 5.91 Å². The zero-order valence-electron chi connectivity index (χ0n) is 18.1. The molecule has 1 N–H and O–H groups in total. The van der Waals surface area contributed by atoms with Gasteiger partial charge in [0.1, 0.15) is 18.2 Å². The van der Waals surface area contributed by atoms with Gasteiger partial charge in [0.05, 0.1) is 24.1 Å². The van der Waals surface area contributed by atoms with Crippen LogP contribution in [0.5, 0.6) is 0 Å². The van der Waals surface area contributed by atoms with Crippen LogP contribution in [0.25, 0.3) is 0 Å². The van der Waals surface area contributed by atoms with Crippen LogP contribution in [0.1, 0.15) is 15.9 Å². The van der Waals surface area contributed by atoms with Crippen LogP contribution in [0, 0.1) is 5.82 Å². The second-order valence-corrected chi connectivity index (χ2v) is 7.69. The fourth-order valence-electron chi connectivity index (χ4n) is 3.60. The SMILES string of the molecule is O=C(Nc1ccc(N2CCN(C(=O)COCc3ccccc3)CC2)nc1)c1ccccc1F. The van der Waals surface area contributed by atoms with Crippen LogP contribution in [0.2, 0.25) is 0 Å². The summed E-state index contributed by atoms with van der Waals surface area (Å²) in [7, 11) is 0. The monoisotopic (exact) mass is 448 g/mol. The lowest BCUT2D eigenvalue weighted by molar-refractivity contribution is -0.136. The van der Waals surface area contributed by atoms with E-state index in [9.17, 15) is 14.0 Å². The lowest BCUT2D eigenvalue weighted by Gasteiger charge is -2.35. The number of ether oxygens (including phenoxy) is 1. The molecular weight excluding hydrogens is 423 g/mol. The Morgan fingerprint density at radius 3 is 2.36 bits per heavy atom. The van der Waals surface area contributed by atoms with Gasteiger partial charge in [-0.1, -0.05) is 42.5 Å². The van der Waals surface area contributed by atoms with Gasteiger partial charge in [-0.25, -0.2) is 9.37 Å². The standard InChI is InChI=1S/C25H25FN4O3/c26-22-9-5-4-8-21(22)25(32)28-20-10-11-23(27-16-20)29-12-14-30(15-13-29)24(31)18-33-17-19-6-2-1-3-7-19/h1-11,16H,12-15,17-18H2,(H,28,32). The van der Waals surface area contributed by atoms with Crippen LogP contribution in [0.4, 0.5) is 15.9 Å². The maximum absolute atomic E-state index is 13.8. The number of hydrogen-bond acceptors (Lipinski definition) is 5. The Bertz CT molecular complexity index is 1080. The molecule has 2 amide bonds. The molecule has 0 bridgehead atoms. The number of aromatic nitrogens is 1. The lowest BCUT2D eigenvalue weighted by atomic mass is 10.2. The maximum atomic E-state index is 13.8. The summed E-state index contributed by atoms with van der Waals surface area (Å²) < 4.78 is 19.3. The van der Waals surface area contributed by atoms with Crippen molar-refractivity contribution in [2.24, 2.45) is 0 Å². The first-order valence-corrected chi connectivity index (χ1v) is 10.8. The largest absolute Gasteiger partial charge is 0.367 e. The third kappa shape index (κ3) is 5.93. The number of carbonyl (C=O) groups is 2. The highest BCUT2D eigenvalue weighted by atomic mass is 19.1. The van der Waals surface area contributed by atoms with E-state index in [-0.39, 0.29) is 18.1 Å². The molecule has 170 valence electrons. The van der Waals surface area contributed by atoms with Gasteiger partial charge in [-0.3, -0.25) is 9.59 Å². The van der Waals surface area contributed by atoms with Gasteiger partial charge < -0.3 is 19.9 Å². The van der Waals surface area contributed by atoms with E-state index in [2.05, 4.69) is 15.2 Å². The minimum atomic E-state index is -0.572. The maximum Gasteiger partial charge on any atom is 0.258 e. The van der Waals surface area contributed by atoms with E-state index in [1.807, 2.05) is 30.3 Å². The van der Waals surface area contributed by atoms with Crippen molar-refractivity contribution < 1.29 is 18.7 Å². The molecule has 0 atom stereocenters. The lowest BCUT2D eigenvalue weighted by Crippen LogP contribution is -2.50. The van der Waals surface area contributed by atoms with Crippen molar-refractivity contribution in [2.45, 2.75) is 6.61 Å². The molecule has 0 saturated carbocycles. The minimum Gasteiger partial charge on any atom is -0.367 e. The summed E-state index contributed by atoms with van der Waals surface area (Å²) >= 11 is 0. The van der Waals surface area contributed by atoms with Crippen molar-refractivity contribution in [1.82, 2.24) is 9.88 Å². The highest BCUT2D eigenvalue weighted by Gasteiger charge is 2.22. The van der Waals surface area contributed by atoms with E-state index in [0.29, 0.717) is 38.5 Å². The molecule has 0 aliphatic carbocycles. The number of halogens is 1. The average Bonchev–Trinajstić information content (AvgIpc) is 2.85. The van der Waals surface area contributed by atoms with E-state index in [1.165, 1.54) is 18.2 Å². The molecular formula is C25H25FN4O3. The predicted octanol–water partition coefficient (Wildman–Crippen LogP) is 3.34. The number of carbonyl (C=O) groups excluding carboxylic acids is 2. The summed E-state index contributed by atoms with van der Waals surface area (Å²) in [5.74, 6) is -0.363. The van der Waals surface area contributed by atoms with Gasteiger partial charge in [0.25, 0.3) is 5.91 Å². The van der Waals surface area contributed by atoms with Gasteiger partial charge in [-0.05, 0) is 29.8 Å². The predicted molar refractivity (Wildman–Crippen MR) is 123 cm³/mol. The van der Waals surface area contributed by atoms with Gasteiger partial charge in [-0.15, -0.1) is 0 Å². The van der Waals surface area contributed by atoms with Gasteiger partial charge in [0, 0.05) is 26.2 Å². The van der Waals surface area contributed by atoms with Crippen molar-refractivity contribution >= 4 is 23.3 Å². The van der Waals surface area contributed by atoms with Crippen LogP contribution >= 0.6 is 0 Å². The van der Waals surface area contributed by atoms with E-state index in [1.54, 1.807) is 29.3 Å². The molecule has 0 unspecified atom stereocenters. The molecule has 0 spiro atoms. The summed E-state index contributed by atoms with van der Waals surface area (Å²) in [4.78, 5) is 33.0. The van der Waals surface area contributed by atoms with E-state index in [4.69, 9.17) is 4.74 Å². The van der Waals surface area contributed by atoms with Gasteiger partial charge >= 0.3 is 0 Å². The molecule has 4 rings (SSSR count). The van der Waals surface area contributed by atoms with Crippen molar-refractivity contribution in [3.05, 3.63) is 89.9 Å². The fourth-order valence-corrected chi connectivity index (χ4v) is 3.60. The first kappa shape index (κ1) is 22.4. The van der Waals surface area contributed by atoms with E-state index in [0.717, 1.165) is 11.4 Å². The number of nitrogens with one attached hydrogen (secondary N) is 1. The molecule has 1 saturated heterocycles. The molecule has 2 heterocycles. The molecule has 7 nitrogen and oxygen atoms in total. The van der Waals surface area contributed by atoms with Crippen LogP contribution in [0.15, 0.2) is 72.9 Å². The number of benzene rings is 2. The molecule has 33 heavy (non-hydrogen) atoms. The minimum absolute atomic E-state index is 0.0184. The number of hydrogen-bond donors (Lipinski definition) is 1. The molecule has 2 aromatic carbocycles. The number of piperazine rings is 1. The van der Waals surface area contributed by atoms with Crippen molar-refractivity contribution in [2.75, 3.05) is 43.0 Å². The first-order chi connectivity index (χ1) is 16.1. The van der Waals surface area contributed by atoms with Crippen LogP contribution in [-0.2, 0) is 16.1 Å². The Balaban J connectivity index is 1.23. The van der Waals surface area contributed by atoms with E-state index >= 15 is 0 Å². The number of pyridine rings is 1. The number of anilines is 2. The van der Waals surface area contributed by atoms with Crippen LogP contribution < -0.4 is 10.2 Å². The zero-order chi connectivity index (χ0) is 23.0. The summed E-state index contributed by atoms with van der Waals surface area (Å²) in [6.07, 6.45) is 1.54. The summed E-state index contributed by atoms with van der Waals surface area (Å²) in [6.45, 7) is 2.94. The molecule has 0 radical (unpaired) electrons. The first-order valence-electron chi connectivity index (χ1n) is 10.8. The quantitative estimate of drug-likeness (QED) is 0.600. The molecule has 1 fully saturated rings. The number of rotatable bonds is 7. The number of nitrogens with zero attached hydrogens (tertiary/aromatic N) is 3. The van der Waals surface area contributed by atoms with Gasteiger partial charge in [0.15, 0.2) is 0 Å². The Labute approximate surface area is 191 Å². The molecule has 8 heteroatoms. The molecule has 3 aromatic rings. The summed E-state index contributed by atoms with van der Waals surface area (Å²) in [5, 5.41) is 2.66. The Morgan fingerprint density at radius 2 is 1.67 bits per heavy atom. The summed E-state index contributed by atoms with van der Waals surface area (Å²) in [6, 6.07) is 19.1. The molecule has 1 aliphatic rings. The smallest absolute Gasteiger partial charge is 0.258 e. The highest BCUT2D eigenvalue weighted by Crippen LogP contribution is 2.17. The van der Waals surface area contributed by atoms with Crippen molar-refractivity contribution in [1.29, 1.82) is 0 Å². The average molecular weight is 448 g/mol. The third-order valence-electron chi connectivity index (χ3n) is 5.42. The summed E-state index contributed by atoms with van der Waals surface area (Å²) in [5.41, 5.74) is 1.50. The third-order valence-corrected chi connectivity index (χ3v) is 5.42. The molecule has 1 aliphatic heterocycles. The number of amides is 2. The van der Waals surface area contributed by atoms with Gasteiger partial charge in [-0.2, -0.15) is 0 Å². The zero-order valence-corrected chi connectivity index (χ0v) is 18.1. The Kier molecular flexibility index (Phi) is 7.26. The highest BCUT2D eigenvalue weighted by molar-refractivity contribution is 6.04. The topological polar surface area (TPSA) is 74.8 Å². The second kappa shape index (κ2) is 10.7. The molecule has 1 aromatic heterocycles. The normalized spacial score (nSPS) is 13.6. The Hall–Kier alpha value is -3.78. The van der Waals surface area contributed by atoms with Crippen LogP contribution in [0.3, 0.4) is 0 Å². The second-order valence-electron chi connectivity index (χ2n) is 7.69. The van der Waals surface area contributed by atoms with Crippen molar-refractivity contribution in [3.8, 4) is 0 Å². The fraction of sp³-hybridized carbons (Fsp3) is 0.240. The van der Waals surface area contributed by atoms with Crippen LogP contribution in [-0.4, -0.2) is 54.5 Å². The van der Waals surface area contributed by atoms with Crippen molar-refractivity contribution in [3.63, 3.8) is 0 Å².